The van der Waals surface area contributed by atoms with Crippen LogP contribution >= 0.6 is 15.9 Å². The fraction of sp³-hybridized carbons (Fsp3) is 0.250. The SMILES string of the molecule is O=C(CC(F)C(C/C=C/c1ccc(Br)cc1)C(F)(F)F)c1ccccc1. The lowest BCUT2D eigenvalue weighted by Crippen LogP contribution is -2.32. The van der Waals surface area contributed by atoms with E-state index in [1.54, 1.807) is 42.5 Å². The first-order chi connectivity index (χ1) is 12.3. The van der Waals surface area contributed by atoms with Crippen molar-refractivity contribution < 1.29 is 22.4 Å². The van der Waals surface area contributed by atoms with Gasteiger partial charge in [-0.2, -0.15) is 13.2 Å². The Labute approximate surface area is 157 Å². The zero-order valence-corrected chi connectivity index (χ0v) is 15.3. The second-order valence-corrected chi connectivity index (χ2v) is 6.76. The highest BCUT2D eigenvalue weighted by atomic mass is 79.9. The summed E-state index contributed by atoms with van der Waals surface area (Å²) in [5.41, 5.74) is 0.923. The zero-order valence-electron chi connectivity index (χ0n) is 13.7. The van der Waals surface area contributed by atoms with Crippen LogP contribution in [0.2, 0.25) is 0 Å². The van der Waals surface area contributed by atoms with Crippen molar-refractivity contribution in [3.05, 3.63) is 76.3 Å². The van der Waals surface area contributed by atoms with E-state index in [1.165, 1.54) is 24.3 Å². The summed E-state index contributed by atoms with van der Waals surface area (Å²) in [5, 5.41) is 0. The van der Waals surface area contributed by atoms with Crippen LogP contribution in [0.5, 0.6) is 0 Å². The third-order valence-corrected chi connectivity index (χ3v) is 4.43. The monoisotopic (exact) mass is 428 g/mol. The number of halogens is 5. The first-order valence-corrected chi connectivity index (χ1v) is 8.78. The number of hydrogen-bond donors (Lipinski definition) is 0. The lowest BCUT2D eigenvalue weighted by atomic mass is 9.93. The molecule has 1 nitrogen and oxygen atoms in total. The maximum absolute atomic E-state index is 14.3. The van der Waals surface area contributed by atoms with Gasteiger partial charge in [0.15, 0.2) is 5.78 Å². The van der Waals surface area contributed by atoms with Crippen LogP contribution in [0, 0.1) is 5.92 Å². The Balaban J connectivity index is 2.04. The second kappa shape index (κ2) is 9.12. The van der Waals surface area contributed by atoms with Crippen LogP contribution in [0.4, 0.5) is 17.6 Å². The van der Waals surface area contributed by atoms with Crippen LogP contribution in [0.25, 0.3) is 6.08 Å². The molecule has 0 spiro atoms. The van der Waals surface area contributed by atoms with Gasteiger partial charge >= 0.3 is 6.18 Å². The predicted octanol–water partition coefficient (Wildman–Crippen LogP) is 6.64. The molecule has 0 N–H and O–H groups in total. The van der Waals surface area contributed by atoms with E-state index >= 15 is 0 Å². The van der Waals surface area contributed by atoms with Gasteiger partial charge in [-0.3, -0.25) is 4.79 Å². The van der Waals surface area contributed by atoms with Gasteiger partial charge in [-0.25, -0.2) is 4.39 Å². The summed E-state index contributed by atoms with van der Waals surface area (Å²) in [7, 11) is 0. The van der Waals surface area contributed by atoms with Crippen LogP contribution < -0.4 is 0 Å². The predicted molar refractivity (Wildman–Crippen MR) is 97.6 cm³/mol. The van der Waals surface area contributed by atoms with Crippen molar-refractivity contribution >= 4 is 27.8 Å². The van der Waals surface area contributed by atoms with Crippen molar-refractivity contribution in [1.29, 1.82) is 0 Å². The summed E-state index contributed by atoms with van der Waals surface area (Å²) in [6.07, 6.45) is -5.53. The molecule has 138 valence electrons. The van der Waals surface area contributed by atoms with E-state index < -0.39 is 36.9 Å². The van der Waals surface area contributed by atoms with Gasteiger partial charge in [-0.05, 0) is 24.1 Å². The molecule has 0 heterocycles. The number of allylic oxidation sites excluding steroid dienone is 1. The molecule has 6 heteroatoms. The van der Waals surface area contributed by atoms with Gasteiger partial charge < -0.3 is 0 Å². The number of rotatable bonds is 7. The van der Waals surface area contributed by atoms with Gasteiger partial charge in [-0.15, -0.1) is 0 Å². The van der Waals surface area contributed by atoms with Gasteiger partial charge in [0.05, 0.1) is 5.92 Å². The Hall–Kier alpha value is -1.95. The minimum Gasteiger partial charge on any atom is -0.294 e. The van der Waals surface area contributed by atoms with E-state index in [4.69, 9.17) is 0 Å². The number of carbonyl (C=O) groups is 1. The highest BCUT2D eigenvalue weighted by molar-refractivity contribution is 9.10. The molecule has 2 rings (SSSR count). The summed E-state index contributed by atoms with van der Waals surface area (Å²) < 4.78 is 54.8. The van der Waals surface area contributed by atoms with Crippen molar-refractivity contribution in [2.75, 3.05) is 0 Å². The number of hydrogen-bond acceptors (Lipinski definition) is 1. The maximum Gasteiger partial charge on any atom is 0.394 e. The van der Waals surface area contributed by atoms with Crippen LogP contribution in [-0.4, -0.2) is 18.1 Å². The Morgan fingerprint density at radius 1 is 1.04 bits per heavy atom. The quantitative estimate of drug-likeness (QED) is 0.356. The van der Waals surface area contributed by atoms with Gasteiger partial charge in [0.1, 0.15) is 6.17 Å². The molecule has 2 unspecified atom stereocenters. The third kappa shape index (κ3) is 6.09. The van der Waals surface area contributed by atoms with Crippen molar-refractivity contribution in [3.63, 3.8) is 0 Å². The minimum absolute atomic E-state index is 0.210. The number of Topliss-reactive ketones (excluding diaryl/α,β-unsaturated/α-hetero) is 1. The Bertz CT molecular complexity index is 739. The second-order valence-electron chi connectivity index (χ2n) is 5.85. The number of benzene rings is 2. The molecule has 0 aliphatic rings. The van der Waals surface area contributed by atoms with Crippen LogP contribution in [-0.2, 0) is 0 Å². The molecule has 0 aliphatic heterocycles. The maximum atomic E-state index is 14.3. The van der Waals surface area contributed by atoms with Crippen LogP contribution in [0.1, 0.15) is 28.8 Å². The Morgan fingerprint density at radius 2 is 1.65 bits per heavy atom. The molecule has 0 aliphatic carbocycles. The van der Waals surface area contributed by atoms with E-state index in [0.717, 1.165) is 4.47 Å². The molecule has 0 fully saturated rings. The average molecular weight is 429 g/mol. The molecule has 2 aromatic carbocycles. The van der Waals surface area contributed by atoms with Crippen LogP contribution in [0.3, 0.4) is 0 Å². The molecule has 0 saturated carbocycles. The molecule has 2 aromatic rings. The van der Waals surface area contributed by atoms with Crippen LogP contribution in [0.15, 0.2) is 65.1 Å². The Kier molecular flexibility index (Phi) is 7.14. The van der Waals surface area contributed by atoms with Crippen molar-refractivity contribution in [2.45, 2.75) is 25.2 Å². The average Bonchev–Trinajstić information content (AvgIpc) is 2.59. The molecule has 0 bridgehead atoms. The summed E-state index contributed by atoms with van der Waals surface area (Å²) in [4.78, 5) is 12.0. The molecule has 0 amide bonds. The van der Waals surface area contributed by atoms with E-state index in [2.05, 4.69) is 15.9 Å². The smallest absolute Gasteiger partial charge is 0.294 e. The van der Waals surface area contributed by atoms with E-state index in [1.807, 2.05) is 0 Å². The van der Waals surface area contributed by atoms with Crippen molar-refractivity contribution in [1.82, 2.24) is 0 Å². The molecule has 0 saturated heterocycles. The number of carbonyl (C=O) groups excluding carboxylic acids is 1. The summed E-state index contributed by atoms with van der Waals surface area (Å²) in [5.74, 6) is -2.86. The fourth-order valence-corrected chi connectivity index (χ4v) is 2.74. The van der Waals surface area contributed by atoms with Crippen molar-refractivity contribution in [2.24, 2.45) is 5.92 Å². The Morgan fingerprint density at radius 3 is 2.23 bits per heavy atom. The molecular weight excluding hydrogens is 412 g/mol. The zero-order chi connectivity index (χ0) is 19.2. The normalized spacial score (nSPS) is 14.3. The summed E-state index contributed by atoms with van der Waals surface area (Å²) in [6.45, 7) is 0. The molecule has 0 aromatic heterocycles. The third-order valence-electron chi connectivity index (χ3n) is 3.90. The van der Waals surface area contributed by atoms with Gasteiger partial charge in [0.25, 0.3) is 0 Å². The van der Waals surface area contributed by atoms with E-state index in [-0.39, 0.29) is 5.56 Å². The van der Waals surface area contributed by atoms with Gasteiger partial charge in [-0.1, -0.05) is 70.5 Å². The molecule has 0 radical (unpaired) electrons. The van der Waals surface area contributed by atoms with Crippen molar-refractivity contribution in [3.8, 4) is 0 Å². The molecule has 26 heavy (non-hydrogen) atoms. The molecular formula is C20H17BrF4O. The molecule has 2 atom stereocenters. The number of ketones is 1. The topological polar surface area (TPSA) is 17.1 Å². The fourth-order valence-electron chi connectivity index (χ4n) is 2.47. The highest BCUT2D eigenvalue weighted by Crippen LogP contribution is 2.35. The van der Waals surface area contributed by atoms with Gasteiger partial charge in [0.2, 0.25) is 0 Å². The largest absolute Gasteiger partial charge is 0.394 e. The first-order valence-electron chi connectivity index (χ1n) is 7.98. The van der Waals surface area contributed by atoms with E-state index in [9.17, 15) is 22.4 Å². The van der Waals surface area contributed by atoms with Gasteiger partial charge in [0, 0.05) is 16.5 Å². The number of alkyl halides is 4. The highest BCUT2D eigenvalue weighted by Gasteiger charge is 2.44. The first kappa shape index (κ1) is 20.4. The standard InChI is InChI=1S/C20H17BrF4O/c21-16-11-9-14(10-12-16)5-4-8-17(20(23,24)25)18(22)13-19(26)15-6-2-1-3-7-15/h1-7,9-12,17-18H,8,13H2/b5-4+. The van der Waals surface area contributed by atoms with E-state index in [0.29, 0.717) is 5.56 Å². The minimum atomic E-state index is -4.72. The summed E-state index contributed by atoms with van der Waals surface area (Å²) in [6, 6.07) is 14.8. The lowest BCUT2D eigenvalue weighted by Gasteiger charge is -2.22. The lowest BCUT2D eigenvalue weighted by molar-refractivity contribution is -0.189. The summed E-state index contributed by atoms with van der Waals surface area (Å²) >= 11 is 3.27.